The predicted octanol–water partition coefficient (Wildman–Crippen LogP) is 0.460. The molecule has 1 atom stereocenters. The second kappa shape index (κ2) is 10.4. The van der Waals surface area contributed by atoms with E-state index in [0.29, 0.717) is 12.1 Å². The van der Waals surface area contributed by atoms with Crippen LogP contribution in [-0.2, 0) is 26.1 Å². The quantitative estimate of drug-likeness (QED) is 0.382. The van der Waals surface area contributed by atoms with Crippen LogP contribution < -0.4 is 21.3 Å². The molecule has 0 fully saturated rings. The van der Waals surface area contributed by atoms with Crippen molar-refractivity contribution in [3.8, 4) is 0 Å². The van der Waals surface area contributed by atoms with Gasteiger partial charge in [0, 0.05) is 35.5 Å². The first kappa shape index (κ1) is 26.1. The van der Waals surface area contributed by atoms with E-state index in [9.17, 15) is 22.8 Å². The molecule has 0 unspecified atom stereocenters. The molecular formula is C24H29N4O6S+. The molecule has 0 aliphatic heterocycles. The van der Waals surface area contributed by atoms with Crippen molar-refractivity contribution < 1.29 is 28.5 Å². The highest BCUT2D eigenvalue weighted by Gasteiger charge is 2.30. The van der Waals surface area contributed by atoms with Crippen molar-refractivity contribution in [3.63, 3.8) is 0 Å². The minimum atomic E-state index is -4.08. The highest BCUT2D eigenvalue weighted by molar-refractivity contribution is 7.89. The molecule has 0 saturated carbocycles. The van der Waals surface area contributed by atoms with Gasteiger partial charge in [0.05, 0.1) is 4.90 Å². The van der Waals surface area contributed by atoms with Crippen LogP contribution in [0, 0.1) is 0 Å². The molecule has 11 heteroatoms. The van der Waals surface area contributed by atoms with Gasteiger partial charge in [-0.1, -0.05) is 18.2 Å². The van der Waals surface area contributed by atoms with E-state index in [-0.39, 0.29) is 17.0 Å². The van der Waals surface area contributed by atoms with Crippen LogP contribution >= 0.6 is 0 Å². The van der Waals surface area contributed by atoms with Gasteiger partial charge in [0.25, 0.3) is 11.5 Å². The Bertz CT molecular complexity index is 1400. The number of nitrogens with zero attached hydrogens (tertiary/aromatic N) is 1. The van der Waals surface area contributed by atoms with E-state index in [4.69, 9.17) is 4.74 Å². The smallest absolute Gasteiger partial charge is 0.326 e. The zero-order valence-corrected chi connectivity index (χ0v) is 20.6. The van der Waals surface area contributed by atoms with Crippen molar-refractivity contribution in [2.24, 2.45) is 0 Å². The summed E-state index contributed by atoms with van der Waals surface area (Å²) in [5, 5.41) is 2.53. The van der Waals surface area contributed by atoms with Gasteiger partial charge in [0.2, 0.25) is 10.0 Å². The molecule has 0 aliphatic rings. The Morgan fingerprint density at radius 2 is 1.77 bits per heavy atom. The Kier molecular flexibility index (Phi) is 7.73. The number of amides is 1. The summed E-state index contributed by atoms with van der Waals surface area (Å²) in [5.41, 5.74) is 3.96. The lowest BCUT2D eigenvalue weighted by atomic mass is 10.1. The molecule has 3 rings (SSSR count). The zero-order chi connectivity index (χ0) is 25.8. The molecule has 35 heavy (non-hydrogen) atoms. The predicted molar refractivity (Wildman–Crippen MR) is 129 cm³/mol. The van der Waals surface area contributed by atoms with Crippen LogP contribution in [0.15, 0.2) is 70.5 Å². The van der Waals surface area contributed by atoms with Crippen molar-refractivity contribution in [1.82, 2.24) is 14.4 Å². The number of fused-ring (bicyclic) bond motifs is 1. The summed E-state index contributed by atoms with van der Waals surface area (Å²) < 4.78 is 34.6. The fourth-order valence-corrected chi connectivity index (χ4v) is 4.45. The molecule has 0 radical (unpaired) electrons. The van der Waals surface area contributed by atoms with Gasteiger partial charge < -0.3 is 15.8 Å². The molecule has 0 spiro atoms. The summed E-state index contributed by atoms with van der Waals surface area (Å²) in [7, 11) is -4.08. The first-order chi connectivity index (χ1) is 16.4. The van der Waals surface area contributed by atoms with Gasteiger partial charge in [-0.2, -0.15) is 4.72 Å². The number of benzene rings is 1. The van der Waals surface area contributed by atoms with Gasteiger partial charge >= 0.3 is 5.97 Å². The third-order valence-corrected chi connectivity index (χ3v) is 6.41. The summed E-state index contributed by atoms with van der Waals surface area (Å²) >= 11 is 0. The number of sulfonamides is 1. The van der Waals surface area contributed by atoms with E-state index < -0.39 is 39.1 Å². The van der Waals surface area contributed by atoms with Crippen LogP contribution in [0.25, 0.3) is 5.52 Å². The Hall–Kier alpha value is -3.54. The highest BCUT2D eigenvalue weighted by atomic mass is 32.2. The van der Waals surface area contributed by atoms with Gasteiger partial charge in [-0.25, -0.2) is 8.42 Å². The minimum Gasteiger partial charge on any atom is -0.459 e. The summed E-state index contributed by atoms with van der Waals surface area (Å²) in [5.74, 6) is -1.49. The van der Waals surface area contributed by atoms with Gasteiger partial charge in [-0.3, -0.25) is 18.8 Å². The standard InChI is InChI=1S/C24H28N4O6S/c1-24(2,3)34-23(31)20(27-35(32,33)19-7-5-4-6-8-19)14-26-22(30)17-11-18-10-9-16(13-25)15-28(18)21(29)12-17/h4-12,15,20,27H,13-14,25H2,1-3H3,(H,26,30)/p+1/t20-/m0/s1. The van der Waals surface area contributed by atoms with Crippen LogP contribution in [0.4, 0.5) is 0 Å². The lowest BCUT2D eigenvalue weighted by Crippen LogP contribution is -2.50. The Labute approximate surface area is 203 Å². The molecule has 0 saturated heterocycles. The van der Waals surface area contributed by atoms with E-state index in [2.05, 4.69) is 15.8 Å². The topological polar surface area (TPSA) is 151 Å². The number of hydrogen-bond donors (Lipinski definition) is 3. The second-order valence-corrected chi connectivity index (χ2v) is 10.6. The normalized spacial score (nSPS) is 12.8. The van der Waals surface area contributed by atoms with Gasteiger partial charge in [-0.05, 0) is 51.1 Å². The number of ether oxygens (including phenoxy) is 1. The maximum absolute atomic E-state index is 12.8. The fraction of sp³-hybridized carbons (Fsp3) is 0.292. The Morgan fingerprint density at radius 1 is 1.09 bits per heavy atom. The molecule has 5 N–H and O–H groups in total. The number of nitrogens with one attached hydrogen (secondary N) is 2. The number of aromatic nitrogens is 1. The number of rotatable bonds is 8. The fourth-order valence-electron chi connectivity index (χ4n) is 3.24. The Morgan fingerprint density at radius 3 is 2.40 bits per heavy atom. The summed E-state index contributed by atoms with van der Waals surface area (Å²) in [6.07, 6.45) is 1.66. The van der Waals surface area contributed by atoms with E-state index >= 15 is 0 Å². The molecule has 10 nitrogen and oxygen atoms in total. The van der Waals surface area contributed by atoms with E-state index in [1.54, 1.807) is 57.3 Å². The van der Waals surface area contributed by atoms with Crippen LogP contribution in [0.2, 0.25) is 0 Å². The van der Waals surface area contributed by atoms with Crippen LogP contribution in [0.1, 0.15) is 36.7 Å². The summed E-state index contributed by atoms with van der Waals surface area (Å²) in [6.45, 7) is 5.06. The molecule has 3 aromatic rings. The summed E-state index contributed by atoms with van der Waals surface area (Å²) in [6, 6.07) is 12.3. The number of pyridine rings is 2. The number of quaternary nitrogens is 1. The lowest BCUT2D eigenvalue weighted by molar-refractivity contribution is -0.386. The number of carbonyl (C=O) groups excluding carboxylic acids is 2. The first-order valence-electron chi connectivity index (χ1n) is 10.9. The monoisotopic (exact) mass is 501 g/mol. The van der Waals surface area contributed by atoms with Gasteiger partial charge in [-0.15, -0.1) is 0 Å². The van der Waals surface area contributed by atoms with Crippen LogP contribution in [0.3, 0.4) is 0 Å². The maximum Gasteiger partial charge on any atom is 0.326 e. The van der Waals surface area contributed by atoms with Gasteiger partial charge in [0.1, 0.15) is 18.2 Å². The molecule has 1 amide bonds. The van der Waals surface area contributed by atoms with Crippen LogP contribution in [-0.4, -0.2) is 42.9 Å². The average Bonchev–Trinajstić information content (AvgIpc) is 2.80. The van der Waals surface area contributed by atoms with E-state index in [0.717, 1.165) is 5.56 Å². The third-order valence-electron chi connectivity index (χ3n) is 4.92. The average molecular weight is 502 g/mol. The van der Waals surface area contributed by atoms with Gasteiger partial charge in [0.15, 0.2) is 0 Å². The van der Waals surface area contributed by atoms with Crippen molar-refractivity contribution in [3.05, 3.63) is 82.3 Å². The summed E-state index contributed by atoms with van der Waals surface area (Å²) in [4.78, 5) is 38.0. The molecule has 0 aliphatic carbocycles. The van der Waals surface area contributed by atoms with Crippen molar-refractivity contribution in [2.45, 2.75) is 43.9 Å². The van der Waals surface area contributed by atoms with Crippen molar-refractivity contribution in [2.75, 3.05) is 6.54 Å². The number of hydrogen-bond acceptors (Lipinski definition) is 6. The van der Waals surface area contributed by atoms with Crippen molar-refractivity contribution >= 4 is 27.4 Å². The second-order valence-electron chi connectivity index (χ2n) is 8.89. The third kappa shape index (κ3) is 6.75. The molecule has 186 valence electrons. The number of carbonyl (C=O) groups is 2. The first-order valence-corrected chi connectivity index (χ1v) is 12.4. The van der Waals surface area contributed by atoms with Crippen LogP contribution in [0.5, 0.6) is 0 Å². The largest absolute Gasteiger partial charge is 0.459 e. The van der Waals surface area contributed by atoms with Crippen molar-refractivity contribution in [1.29, 1.82) is 0 Å². The Balaban J connectivity index is 1.83. The molecule has 2 heterocycles. The molecular weight excluding hydrogens is 472 g/mol. The molecule has 2 aromatic heterocycles. The zero-order valence-electron chi connectivity index (χ0n) is 19.8. The number of esters is 1. The van der Waals surface area contributed by atoms with E-state index in [1.165, 1.54) is 28.7 Å². The van der Waals surface area contributed by atoms with E-state index in [1.807, 2.05) is 0 Å². The molecule has 1 aromatic carbocycles. The lowest BCUT2D eigenvalue weighted by Gasteiger charge is -2.24. The highest BCUT2D eigenvalue weighted by Crippen LogP contribution is 2.12. The molecule has 0 bridgehead atoms. The maximum atomic E-state index is 12.8. The minimum absolute atomic E-state index is 0.0379. The SMILES string of the molecule is CC(C)(C)OC(=O)[C@H](CNC(=O)c1cc(=O)n2cc(C[NH3+])ccc2c1)NS(=O)(=O)c1ccccc1.